The summed E-state index contributed by atoms with van der Waals surface area (Å²) in [5.74, 6) is -1.09. The van der Waals surface area contributed by atoms with Crippen molar-refractivity contribution in [3.05, 3.63) is 347 Å². The summed E-state index contributed by atoms with van der Waals surface area (Å²) in [5.41, 5.74) is 42.3. The maximum Gasteiger partial charge on any atom is 0.131 e. The van der Waals surface area contributed by atoms with E-state index in [2.05, 4.69) is 245 Å². The number of methoxy groups -OCH3 is 11. The minimum Gasteiger partial charge on any atom is -0.380 e. The van der Waals surface area contributed by atoms with Gasteiger partial charge in [-0.1, -0.05) is 72.8 Å². The normalized spacial score (nSPS) is 11.0. The summed E-state index contributed by atoms with van der Waals surface area (Å²) in [7, 11) is 67.2. The lowest BCUT2D eigenvalue weighted by molar-refractivity contribution is -0.0980. The highest BCUT2D eigenvalue weighted by Crippen LogP contribution is 2.43. The van der Waals surface area contributed by atoms with Gasteiger partial charge in [0.25, 0.3) is 0 Å². The molecule has 0 aromatic heterocycles. The summed E-state index contributed by atoms with van der Waals surface area (Å²) in [6, 6.07) is 47.2. The highest BCUT2D eigenvalue weighted by atomic mass is 31.0. The number of carbonyl (C=O) groups is 1. The molecule has 0 spiro atoms. The number of hydrogen-bond acceptors (Lipinski definition) is 12. The predicted molar refractivity (Wildman–Crippen MR) is 682 cm³/mol. The van der Waals surface area contributed by atoms with Crippen LogP contribution < -0.4 is 0 Å². The molecule has 18 unspecified atom stereocenters. The second-order valence-corrected chi connectivity index (χ2v) is 42.2. The molecule has 0 saturated heterocycles. The Labute approximate surface area is 932 Å². The minimum absolute atomic E-state index is 0.133. The van der Waals surface area contributed by atoms with Crippen LogP contribution in [0, 0.1) is 41.8 Å². The highest BCUT2D eigenvalue weighted by molar-refractivity contribution is 7.18. The molecule has 0 fully saturated rings. The Morgan fingerprint density at radius 2 is 0.420 bits per heavy atom. The SMILES string of the molecule is C=O.COCc1cc(-c2c(F)cc(CP)cc2COC)cc(CP)c1CP.COCc1cc(-c2cc(C)c(CP)c(F)c2)cc(CP)c1CP.COCc1cc(-c2cc(CP)c(CP)cc2COC)c(F)cc1CP.COCc1cc(-c2cc(F)c(CP)c(CP)c2)cc(COC)c1CP.COCc1cc(CP)c(CP)cc1-c1c(F)cc(CP)cc1COC.COCc1cc(CP)c(F)cc1-c1cc(CP)c(CP)cc1COC. The van der Waals surface area contributed by atoms with Gasteiger partial charge in [0.15, 0.2) is 0 Å². The van der Waals surface area contributed by atoms with Gasteiger partial charge in [-0.3, -0.25) is 0 Å². The second-order valence-electron chi connectivity index (χ2n) is 34.9. The standard InChI is InChI=1S/5C19H26FO2P3.C18H24FOP3.CH2O/c1-21-7-12-4-18(19(20)6-16(12)11-25)17-5-15(10-24)14(9-23)3-13(17)8-22-2;1-21-7-12-3-14(9-23)15(10-24)5-17(12)18-6-19(20)16(11-25)4-13(18)8-22-2;1-21-7-14-3-12(4-15(8-22-2)17(14)10-24)13-5-16(9-23)18(11-25)19(20)6-13;1-21-7-13-5-15(10-24)16(11-25)6-17(13)19-14(8-22-2)3-12(9-23)4-18(19)20;1-21-7-14-5-13(6-16(10-24)17(14)11-25)19-15(8-22-2)3-12(9-23)4-18(19)20;1-11-3-12(6-18(19)16(11)9-22)13-4-14(7-20-2)17(10-23)15(5-13)8-21;1-2/h5*3-6H,7-11,23-25H2,1-2H3;3-6H,7-10,21-23H2,1-2H3;1H2. The lowest BCUT2D eigenvalue weighted by atomic mass is 9.91. The molecule has 0 saturated carbocycles. The van der Waals surface area contributed by atoms with E-state index in [1.165, 1.54) is 66.8 Å². The first-order valence-electron chi connectivity index (χ1n) is 48.5. The zero-order valence-corrected chi connectivity index (χ0v) is 109. The van der Waals surface area contributed by atoms with Gasteiger partial charge in [-0.15, -0.1) is 166 Å². The second kappa shape index (κ2) is 73.2. The Morgan fingerprint density at radius 3 is 0.773 bits per heavy atom. The van der Waals surface area contributed by atoms with Crippen LogP contribution in [-0.4, -0.2) is 85.0 Å². The van der Waals surface area contributed by atoms with Crippen LogP contribution in [-0.2, 0) is 240 Å². The number of rotatable bonds is 46. The van der Waals surface area contributed by atoms with E-state index in [9.17, 15) is 22.0 Å². The molecular weight excluding hydrogens is 2230 g/mol. The molecule has 0 aliphatic rings. The quantitative estimate of drug-likeness (QED) is 0.0267. The van der Waals surface area contributed by atoms with Crippen LogP contribution >= 0.6 is 166 Å². The van der Waals surface area contributed by atoms with E-state index in [4.69, 9.17) is 56.9 Å². The van der Waals surface area contributed by atoms with Crippen LogP contribution in [0.5, 0.6) is 0 Å². The van der Waals surface area contributed by atoms with Gasteiger partial charge >= 0.3 is 0 Å². The number of halogens is 6. The van der Waals surface area contributed by atoms with Gasteiger partial charge in [-0.25, -0.2) is 26.3 Å². The summed E-state index contributed by atoms with van der Waals surface area (Å²) < 4.78 is 147. The van der Waals surface area contributed by atoms with Crippen molar-refractivity contribution in [3.63, 3.8) is 0 Å². The molecule has 12 rings (SSSR count). The van der Waals surface area contributed by atoms with Gasteiger partial charge in [0.2, 0.25) is 0 Å². The molecular formula is C114H156F6O12P18. The molecule has 12 nitrogen and oxygen atoms in total. The monoisotopic (exact) mass is 2390 g/mol. The molecule has 36 heteroatoms. The molecule has 0 bridgehead atoms. The Bertz CT molecular complexity index is 6280. The average Bonchev–Trinajstić information content (AvgIpc) is 0.772. The Hall–Kier alpha value is -2.81. The van der Waals surface area contributed by atoms with Crippen molar-refractivity contribution < 1.29 is 83.2 Å². The number of benzene rings is 12. The molecule has 0 radical (unpaired) electrons. The summed E-state index contributed by atoms with van der Waals surface area (Å²) in [5, 5.41) is 0. The van der Waals surface area contributed by atoms with Crippen LogP contribution in [0.3, 0.4) is 0 Å². The van der Waals surface area contributed by atoms with E-state index in [1.807, 2.05) is 44.0 Å². The summed E-state index contributed by atoms with van der Waals surface area (Å²) in [6.45, 7) is 9.16. The van der Waals surface area contributed by atoms with Crippen molar-refractivity contribution in [2.45, 2.75) is 191 Å². The van der Waals surface area contributed by atoms with E-state index < -0.39 is 0 Å². The van der Waals surface area contributed by atoms with Gasteiger partial charge in [-0.2, -0.15) is 0 Å². The fourth-order valence-corrected chi connectivity index (χ4v) is 25.2. The maximum absolute atomic E-state index is 15.0. The van der Waals surface area contributed by atoms with Crippen molar-refractivity contribution in [2.75, 3.05) is 78.2 Å². The zero-order valence-electron chi connectivity index (χ0n) is 88.6. The lowest BCUT2D eigenvalue weighted by Crippen LogP contribution is -2.03. The molecule has 0 N–H and O–H groups in total. The number of carbonyl (C=O) groups excluding carboxylic acids is 1. The molecule has 12 aromatic rings. The highest BCUT2D eigenvalue weighted by Gasteiger charge is 2.26. The lowest BCUT2D eigenvalue weighted by Gasteiger charge is -2.19. The number of hydrogen-bond donors (Lipinski definition) is 0. The van der Waals surface area contributed by atoms with E-state index in [0.717, 1.165) is 219 Å². The number of ether oxygens (including phenoxy) is 11. The Kier molecular flexibility index (Phi) is 66.3. The van der Waals surface area contributed by atoms with E-state index in [0.29, 0.717) is 132 Å². The largest absolute Gasteiger partial charge is 0.380 e. The zero-order chi connectivity index (χ0) is 111. The van der Waals surface area contributed by atoms with E-state index in [1.54, 1.807) is 115 Å². The summed E-state index contributed by atoms with van der Waals surface area (Å²) >= 11 is 0. The topological polar surface area (TPSA) is 119 Å². The van der Waals surface area contributed by atoms with Gasteiger partial charge in [0.05, 0.1) is 72.7 Å². The van der Waals surface area contributed by atoms with Gasteiger partial charge < -0.3 is 56.9 Å². The molecule has 150 heavy (non-hydrogen) atoms. The van der Waals surface area contributed by atoms with Crippen molar-refractivity contribution in [2.24, 2.45) is 0 Å². The van der Waals surface area contributed by atoms with Crippen LogP contribution in [0.25, 0.3) is 66.8 Å². The minimum atomic E-state index is -0.210. The van der Waals surface area contributed by atoms with Crippen molar-refractivity contribution in [1.29, 1.82) is 0 Å². The fraction of sp³-hybridized carbons (Fsp3) is 0.360. The van der Waals surface area contributed by atoms with Crippen LogP contribution in [0.15, 0.2) is 146 Å². The first-order valence-corrected chi connectivity index (χ1v) is 63.2. The average molecular weight is 2390 g/mol. The summed E-state index contributed by atoms with van der Waals surface area (Å²) in [4.78, 5) is 8.00. The van der Waals surface area contributed by atoms with Crippen LogP contribution in [0.1, 0.15) is 167 Å². The third-order valence-electron chi connectivity index (χ3n) is 25.3. The van der Waals surface area contributed by atoms with Crippen molar-refractivity contribution in [1.82, 2.24) is 0 Å². The third-order valence-corrected chi connectivity index (χ3v) is 33.1. The predicted octanol–water partition coefficient (Wildman–Crippen LogP) is 29.4. The molecule has 0 amide bonds. The third kappa shape index (κ3) is 37.9. The van der Waals surface area contributed by atoms with E-state index in [-0.39, 0.29) is 34.9 Å². The summed E-state index contributed by atoms with van der Waals surface area (Å²) in [6.07, 6.45) is 14.1. The fourth-order valence-electron chi connectivity index (χ4n) is 18.1. The maximum atomic E-state index is 15.0. The van der Waals surface area contributed by atoms with Gasteiger partial charge in [-0.05, 0) is 408 Å². The smallest absolute Gasteiger partial charge is 0.131 e. The van der Waals surface area contributed by atoms with Crippen LogP contribution in [0.2, 0.25) is 0 Å². The molecule has 18 atom stereocenters. The Morgan fingerprint density at radius 1 is 0.173 bits per heavy atom. The molecule has 0 aliphatic carbocycles. The molecule has 12 aromatic carbocycles. The van der Waals surface area contributed by atoms with Gasteiger partial charge in [0, 0.05) is 94.9 Å². The number of aryl methyl sites for hydroxylation is 1. The molecule has 816 valence electrons. The van der Waals surface area contributed by atoms with Crippen LogP contribution in [0.4, 0.5) is 26.3 Å². The van der Waals surface area contributed by atoms with E-state index >= 15 is 4.39 Å². The van der Waals surface area contributed by atoms with Crippen molar-refractivity contribution in [3.8, 4) is 66.8 Å². The molecule has 0 heterocycles. The first kappa shape index (κ1) is 136. The van der Waals surface area contributed by atoms with Gasteiger partial charge in [0.1, 0.15) is 41.7 Å². The first-order chi connectivity index (χ1) is 72.5. The molecule has 0 aliphatic heterocycles. The van der Waals surface area contributed by atoms with Crippen molar-refractivity contribution >= 4 is 173 Å². The Balaban J connectivity index is 0.000000274.